The molecule has 0 atom stereocenters. The first-order chi connectivity index (χ1) is 11.8. The number of benzene rings is 1. The van der Waals surface area contributed by atoms with E-state index in [-0.39, 0.29) is 0 Å². The summed E-state index contributed by atoms with van der Waals surface area (Å²) in [6.07, 6.45) is 9.81. The molecule has 24 heavy (non-hydrogen) atoms. The van der Waals surface area contributed by atoms with Crippen LogP contribution in [0.2, 0.25) is 13.3 Å². The molecule has 2 rings (SSSR count). The Morgan fingerprint density at radius 2 is 1.54 bits per heavy atom. The van der Waals surface area contributed by atoms with Gasteiger partial charge in [0.25, 0.3) is 0 Å². The zero-order valence-electron chi connectivity index (χ0n) is 15.6. The molecule has 1 heterocycles. The second-order valence-electron chi connectivity index (χ2n) is 6.99. The summed E-state index contributed by atoms with van der Waals surface area (Å²) in [5, 5.41) is 7.13. The number of aromatic amines is 1. The van der Waals surface area contributed by atoms with Gasteiger partial charge in [-0.3, -0.25) is 0 Å². The van der Waals surface area contributed by atoms with Crippen LogP contribution in [0.1, 0.15) is 59.3 Å². The van der Waals surface area contributed by atoms with Gasteiger partial charge in [0, 0.05) is 0 Å². The molecule has 0 fully saturated rings. The summed E-state index contributed by atoms with van der Waals surface area (Å²) in [7, 11) is 0. The Bertz CT molecular complexity index is 559. The van der Waals surface area contributed by atoms with Crippen molar-refractivity contribution in [3.63, 3.8) is 0 Å². The van der Waals surface area contributed by atoms with E-state index in [4.69, 9.17) is 0 Å². The van der Waals surface area contributed by atoms with Gasteiger partial charge in [-0.25, -0.2) is 0 Å². The Hall–Kier alpha value is -0.841. The van der Waals surface area contributed by atoms with Crippen molar-refractivity contribution in [2.24, 2.45) is 0 Å². The van der Waals surface area contributed by atoms with E-state index in [2.05, 4.69) is 60.2 Å². The van der Waals surface area contributed by atoms with Gasteiger partial charge in [0.15, 0.2) is 0 Å². The molecule has 0 unspecified atom stereocenters. The molecule has 2 aromatic rings. The van der Waals surface area contributed by atoms with E-state index in [0.29, 0.717) is 0 Å². The fourth-order valence-electron chi connectivity index (χ4n) is 3.69. The number of nitrogens with one attached hydrogen (secondary N) is 1. The number of aromatic nitrogens is 3. The summed E-state index contributed by atoms with van der Waals surface area (Å²) in [5.41, 5.74) is 1.18. The van der Waals surface area contributed by atoms with Crippen LogP contribution in [0.4, 0.5) is 0 Å². The molecule has 4 heteroatoms. The molecule has 1 aromatic heterocycles. The first kappa shape index (κ1) is 19.5. The maximum atomic E-state index is 4.35. The van der Waals surface area contributed by atoms with Crippen molar-refractivity contribution in [1.29, 1.82) is 0 Å². The number of nitrogens with zero attached hydrogens (tertiary/aromatic N) is 2. The van der Waals surface area contributed by atoms with E-state index < -0.39 is 18.4 Å². The SMILES string of the molecule is CCC[CH2][Sn]([CH2]CCC)([CH2]CCC)[c]1cccc(-c2nc[nH]n2)c1. The Morgan fingerprint density at radius 3 is 2.04 bits per heavy atom. The van der Waals surface area contributed by atoms with Crippen LogP contribution < -0.4 is 3.58 Å². The number of hydrogen-bond donors (Lipinski definition) is 1. The molecule has 0 saturated carbocycles. The Morgan fingerprint density at radius 1 is 0.917 bits per heavy atom. The van der Waals surface area contributed by atoms with Crippen molar-refractivity contribution in [3.05, 3.63) is 30.6 Å². The summed E-state index contributed by atoms with van der Waals surface area (Å²) >= 11 is -2.34. The quantitative estimate of drug-likeness (QED) is 0.473. The van der Waals surface area contributed by atoms with Crippen LogP contribution in [0.25, 0.3) is 11.4 Å². The van der Waals surface area contributed by atoms with Crippen molar-refractivity contribution in [2.75, 3.05) is 0 Å². The first-order valence-corrected chi connectivity index (χ1v) is 17.2. The molecular formula is C20H33N3Sn. The van der Waals surface area contributed by atoms with Gasteiger partial charge in [0.05, 0.1) is 0 Å². The molecule has 0 radical (unpaired) electrons. The molecule has 0 aliphatic heterocycles. The number of unbranched alkanes of at least 4 members (excludes halogenated alkanes) is 3. The molecule has 1 N–H and O–H groups in total. The number of hydrogen-bond acceptors (Lipinski definition) is 2. The van der Waals surface area contributed by atoms with Gasteiger partial charge < -0.3 is 0 Å². The minimum atomic E-state index is -2.34. The van der Waals surface area contributed by atoms with Gasteiger partial charge in [0.1, 0.15) is 0 Å². The molecule has 0 spiro atoms. The monoisotopic (exact) mass is 435 g/mol. The first-order valence-electron chi connectivity index (χ1n) is 9.72. The van der Waals surface area contributed by atoms with Crippen molar-refractivity contribution >= 4 is 22.0 Å². The van der Waals surface area contributed by atoms with Gasteiger partial charge in [-0.1, -0.05) is 0 Å². The second kappa shape index (κ2) is 10.2. The summed E-state index contributed by atoms with van der Waals surface area (Å²) in [6, 6.07) is 9.24. The van der Waals surface area contributed by atoms with E-state index in [1.807, 2.05) is 0 Å². The third kappa shape index (κ3) is 5.08. The van der Waals surface area contributed by atoms with Crippen molar-refractivity contribution in [1.82, 2.24) is 15.2 Å². The van der Waals surface area contributed by atoms with E-state index in [1.165, 1.54) is 57.4 Å². The van der Waals surface area contributed by atoms with Crippen molar-refractivity contribution < 1.29 is 0 Å². The minimum absolute atomic E-state index is 0.832. The molecule has 1 aromatic carbocycles. The van der Waals surface area contributed by atoms with Crippen LogP contribution in [0.3, 0.4) is 0 Å². The third-order valence-corrected chi connectivity index (χ3v) is 20.8. The van der Waals surface area contributed by atoms with Gasteiger partial charge in [0.2, 0.25) is 0 Å². The molecule has 132 valence electrons. The summed E-state index contributed by atoms with van der Waals surface area (Å²) in [6.45, 7) is 7.00. The van der Waals surface area contributed by atoms with Crippen LogP contribution in [0, 0.1) is 0 Å². The molecule has 0 aliphatic rings. The normalized spacial score (nSPS) is 11.8. The summed E-state index contributed by atoms with van der Waals surface area (Å²) in [4.78, 5) is 4.35. The zero-order valence-corrected chi connectivity index (χ0v) is 18.5. The fraction of sp³-hybridized carbons (Fsp3) is 0.600. The Labute approximate surface area is 151 Å². The van der Waals surface area contributed by atoms with Gasteiger partial charge in [-0.15, -0.1) is 0 Å². The third-order valence-electron chi connectivity index (χ3n) is 5.17. The molecular weight excluding hydrogens is 401 g/mol. The molecule has 0 saturated heterocycles. The van der Waals surface area contributed by atoms with Crippen molar-refractivity contribution in [3.8, 4) is 11.4 Å². The summed E-state index contributed by atoms with van der Waals surface area (Å²) < 4.78 is 6.20. The van der Waals surface area contributed by atoms with Crippen LogP contribution >= 0.6 is 0 Å². The van der Waals surface area contributed by atoms with Crippen LogP contribution in [0.15, 0.2) is 30.6 Å². The van der Waals surface area contributed by atoms with Crippen LogP contribution in [-0.4, -0.2) is 33.6 Å². The predicted molar refractivity (Wildman–Crippen MR) is 106 cm³/mol. The summed E-state index contributed by atoms with van der Waals surface area (Å²) in [5.74, 6) is 0.832. The van der Waals surface area contributed by atoms with E-state index >= 15 is 0 Å². The average molecular weight is 434 g/mol. The van der Waals surface area contributed by atoms with E-state index in [9.17, 15) is 0 Å². The predicted octanol–water partition coefficient (Wildman–Crippen LogP) is 5.53. The Balaban J connectivity index is 2.37. The topological polar surface area (TPSA) is 41.6 Å². The maximum absolute atomic E-state index is 4.35. The average Bonchev–Trinajstić information content (AvgIpc) is 3.16. The van der Waals surface area contributed by atoms with Gasteiger partial charge in [-0.2, -0.15) is 0 Å². The standard InChI is InChI=1S/C8H6N3.3C4H9.Sn/c1-2-4-7(5-3-1)8-9-6-10-11-8;3*1-3-4-2;/h1-2,4-6H,(H,9,10,11);3*1,3-4H2,2H3;. The number of H-pyrrole nitrogens is 1. The Kier molecular flexibility index (Phi) is 8.29. The van der Waals surface area contributed by atoms with Gasteiger partial charge in [-0.05, 0) is 0 Å². The number of rotatable bonds is 11. The molecule has 0 aliphatic carbocycles. The van der Waals surface area contributed by atoms with Crippen LogP contribution in [0.5, 0.6) is 0 Å². The van der Waals surface area contributed by atoms with Gasteiger partial charge >= 0.3 is 152 Å². The molecule has 0 amide bonds. The second-order valence-corrected chi connectivity index (χ2v) is 20.2. The van der Waals surface area contributed by atoms with E-state index in [0.717, 1.165) is 5.82 Å². The van der Waals surface area contributed by atoms with Crippen molar-refractivity contribution in [2.45, 2.75) is 72.6 Å². The molecule has 3 nitrogen and oxygen atoms in total. The zero-order chi connectivity index (χ0) is 17.3. The van der Waals surface area contributed by atoms with Crippen LogP contribution in [-0.2, 0) is 0 Å². The van der Waals surface area contributed by atoms with E-state index in [1.54, 1.807) is 9.91 Å². The fourth-order valence-corrected chi connectivity index (χ4v) is 19.7. The molecule has 0 bridgehead atoms.